The maximum absolute atomic E-state index is 12.6. The molecule has 0 bridgehead atoms. The van der Waals surface area contributed by atoms with Gasteiger partial charge in [-0.25, -0.2) is 13.1 Å². The fraction of sp³-hybridized carbons (Fsp3) is 0.455. The third-order valence-corrected chi connectivity index (χ3v) is 4.50. The maximum atomic E-state index is 12.6. The molecule has 2 atom stereocenters. The Morgan fingerprint density at radius 1 is 1.30 bits per heavy atom. The standard InChI is InChI=1S/C11H13ClF3NO3S/c1-7(11(13,14)15)10(6-17)16-20(18,19)9-4-2-8(12)3-5-9/h2-5,7,10,16-17H,6H2,1H3/t7-,10?/m0/s1. The molecule has 1 aromatic rings. The lowest BCUT2D eigenvalue weighted by molar-refractivity contribution is -0.178. The molecule has 0 fully saturated rings. The SMILES string of the molecule is C[C@@H](C(CO)NS(=O)(=O)c1ccc(Cl)cc1)C(F)(F)F. The molecule has 2 N–H and O–H groups in total. The number of alkyl halides is 3. The van der Waals surface area contributed by atoms with Crippen LogP contribution in [0.3, 0.4) is 0 Å². The number of halogens is 4. The Bertz CT molecular complexity index is 545. The first-order valence-corrected chi connectivity index (χ1v) is 7.39. The number of rotatable bonds is 5. The smallest absolute Gasteiger partial charge is 0.393 e. The highest BCUT2D eigenvalue weighted by Crippen LogP contribution is 2.29. The lowest BCUT2D eigenvalue weighted by Crippen LogP contribution is -2.46. The van der Waals surface area contributed by atoms with Crippen LogP contribution in [0.1, 0.15) is 6.92 Å². The predicted octanol–water partition coefficient (Wildman–Crippen LogP) is 2.18. The monoisotopic (exact) mass is 331 g/mol. The van der Waals surface area contributed by atoms with Crippen LogP contribution in [0.25, 0.3) is 0 Å². The van der Waals surface area contributed by atoms with Crippen molar-refractivity contribution in [1.82, 2.24) is 4.72 Å². The largest absolute Gasteiger partial charge is 0.395 e. The molecule has 0 aliphatic heterocycles. The fourth-order valence-electron chi connectivity index (χ4n) is 1.41. The highest BCUT2D eigenvalue weighted by molar-refractivity contribution is 7.89. The summed E-state index contributed by atoms with van der Waals surface area (Å²) in [6.07, 6.45) is -4.62. The van der Waals surface area contributed by atoms with E-state index in [0.717, 1.165) is 19.1 Å². The first-order valence-electron chi connectivity index (χ1n) is 5.53. The van der Waals surface area contributed by atoms with Crippen LogP contribution in [0, 0.1) is 5.92 Å². The topological polar surface area (TPSA) is 66.4 Å². The minimum absolute atomic E-state index is 0.227. The summed E-state index contributed by atoms with van der Waals surface area (Å²) in [4.78, 5) is -0.227. The second kappa shape index (κ2) is 6.30. The molecule has 0 saturated carbocycles. The summed E-state index contributed by atoms with van der Waals surface area (Å²) < 4.78 is 63.3. The van der Waals surface area contributed by atoms with Gasteiger partial charge in [0.05, 0.1) is 23.5 Å². The minimum atomic E-state index is -4.62. The molecule has 0 aliphatic rings. The van der Waals surface area contributed by atoms with Gasteiger partial charge in [0.1, 0.15) is 0 Å². The molecular formula is C11H13ClF3NO3S. The maximum Gasteiger partial charge on any atom is 0.393 e. The summed E-state index contributed by atoms with van der Waals surface area (Å²) in [5.41, 5.74) is 0. The van der Waals surface area contributed by atoms with Crippen LogP contribution < -0.4 is 4.72 Å². The highest BCUT2D eigenvalue weighted by Gasteiger charge is 2.42. The molecule has 1 aromatic carbocycles. The molecule has 0 aromatic heterocycles. The van der Waals surface area contributed by atoms with Gasteiger partial charge in [0, 0.05) is 5.02 Å². The van der Waals surface area contributed by atoms with E-state index in [4.69, 9.17) is 16.7 Å². The van der Waals surface area contributed by atoms with E-state index in [1.807, 2.05) is 4.72 Å². The predicted molar refractivity (Wildman–Crippen MR) is 67.9 cm³/mol. The highest BCUT2D eigenvalue weighted by atomic mass is 35.5. The Morgan fingerprint density at radius 2 is 1.80 bits per heavy atom. The van der Waals surface area contributed by atoms with Crippen LogP contribution in [-0.4, -0.2) is 32.3 Å². The van der Waals surface area contributed by atoms with Crippen molar-refractivity contribution in [2.24, 2.45) is 5.92 Å². The molecule has 114 valence electrons. The Kier molecular flexibility index (Phi) is 5.42. The number of benzene rings is 1. The average Bonchev–Trinajstić information content (AvgIpc) is 2.34. The summed E-state index contributed by atoms with van der Waals surface area (Å²) in [7, 11) is -4.16. The molecule has 9 heteroatoms. The number of aliphatic hydroxyl groups excluding tert-OH is 1. The first-order chi connectivity index (χ1) is 9.08. The van der Waals surface area contributed by atoms with Gasteiger partial charge in [-0.1, -0.05) is 18.5 Å². The van der Waals surface area contributed by atoms with Gasteiger partial charge in [0.25, 0.3) is 0 Å². The number of hydrogen-bond acceptors (Lipinski definition) is 3. The van der Waals surface area contributed by atoms with E-state index in [1.165, 1.54) is 12.1 Å². The third-order valence-electron chi connectivity index (χ3n) is 2.75. The zero-order chi connectivity index (χ0) is 15.6. The van der Waals surface area contributed by atoms with Crippen molar-refractivity contribution in [2.75, 3.05) is 6.61 Å². The number of aliphatic hydroxyl groups is 1. The van der Waals surface area contributed by atoms with Crippen LogP contribution in [0.5, 0.6) is 0 Å². The van der Waals surface area contributed by atoms with E-state index in [9.17, 15) is 21.6 Å². The van der Waals surface area contributed by atoms with E-state index < -0.39 is 34.8 Å². The Morgan fingerprint density at radius 3 is 2.20 bits per heavy atom. The average molecular weight is 332 g/mol. The molecule has 0 aliphatic carbocycles. The summed E-state index contributed by atoms with van der Waals surface area (Å²) in [5.74, 6) is -2.02. The molecule has 20 heavy (non-hydrogen) atoms. The van der Waals surface area contributed by atoms with E-state index in [1.54, 1.807) is 0 Å². The molecule has 1 rings (SSSR count). The molecule has 4 nitrogen and oxygen atoms in total. The van der Waals surface area contributed by atoms with Gasteiger partial charge in [-0.05, 0) is 24.3 Å². The fourth-order valence-corrected chi connectivity index (χ4v) is 2.84. The zero-order valence-corrected chi connectivity index (χ0v) is 11.9. The minimum Gasteiger partial charge on any atom is -0.395 e. The van der Waals surface area contributed by atoms with Gasteiger partial charge < -0.3 is 5.11 Å². The van der Waals surface area contributed by atoms with Gasteiger partial charge in [0.15, 0.2) is 0 Å². The quantitative estimate of drug-likeness (QED) is 0.869. The third kappa shape index (κ3) is 4.34. The normalized spacial score (nSPS) is 15.9. The summed E-state index contributed by atoms with van der Waals surface area (Å²) in [6, 6.07) is 3.28. The zero-order valence-electron chi connectivity index (χ0n) is 10.4. The number of sulfonamides is 1. The van der Waals surface area contributed by atoms with Crippen molar-refractivity contribution in [3.63, 3.8) is 0 Å². The molecule has 0 spiro atoms. The summed E-state index contributed by atoms with van der Waals surface area (Å²) in [6.45, 7) is -0.168. The van der Waals surface area contributed by atoms with Crippen LogP contribution in [0.15, 0.2) is 29.2 Å². The van der Waals surface area contributed by atoms with Crippen molar-refractivity contribution < 1.29 is 26.7 Å². The van der Waals surface area contributed by atoms with Crippen molar-refractivity contribution in [3.05, 3.63) is 29.3 Å². The van der Waals surface area contributed by atoms with E-state index in [2.05, 4.69) is 0 Å². The van der Waals surface area contributed by atoms with Crippen LogP contribution in [-0.2, 0) is 10.0 Å². The number of hydrogen-bond donors (Lipinski definition) is 2. The second-order valence-corrected chi connectivity index (χ2v) is 6.34. The van der Waals surface area contributed by atoms with Gasteiger partial charge >= 0.3 is 6.18 Å². The Labute approximate surface area is 119 Å². The second-order valence-electron chi connectivity index (χ2n) is 4.19. The Balaban J connectivity index is 2.96. The number of nitrogens with one attached hydrogen (secondary N) is 1. The summed E-state index contributed by atoms with van der Waals surface area (Å²) >= 11 is 5.60. The van der Waals surface area contributed by atoms with Crippen LogP contribution in [0.4, 0.5) is 13.2 Å². The summed E-state index contributed by atoms with van der Waals surface area (Å²) in [5, 5.41) is 9.26. The molecular weight excluding hydrogens is 319 g/mol. The van der Waals surface area contributed by atoms with Crippen molar-refractivity contribution in [1.29, 1.82) is 0 Å². The molecule has 0 heterocycles. The molecule has 0 amide bonds. The van der Waals surface area contributed by atoms with Gasteiger partial charge in [-0.2, -0.15) is 13.2 Å². The van der Waals surface area contributed by atoms with Crippen molar-refractivity contribution >= 4 is 21.6 Å². The molecule has 0 radical (unpaired) electrons. The lowest BCUT2D eigenvalue weighted by Gasteiger charge is -2.25. The van der Waals surface area contributed by atoms with Gasteiger partial charge in [-0.15, -0.1) is 0 Å². The van der Waals surface area contributed by atoms with E-state index >= 15 is 0 Å². The van der Waals surface area contributed by atoms with Gasteiger partial charge in [-0.3, -0.25) is 0 Å². The molecule has 0 saturated heterocycles. The van der Waals surface area contributed by atoms with Crippen molar-refractivity contribution in [3.8, 4) is 0 Å². The van der Waals surface area contributed by atoms with Crippen LogP contribution >= 0.6 is 11.6 Å². The van der Waals surface area contributed by atoms with Gasteiger partial charge in [0.2, 0.25) is 10.0 Å². The van der Waals surface area contributed by atoms with Crippen LogP contribution in [0.2, 0.25) is 5.02 Å². The molecule has 1 unspecified atom stereocenters. The van der Waals surface area contributed by atoms with Crippen molar-refractivity contribution in [2.45, 2.75) is 24.0 Å². The Hall–Kier alpha value is -0.830. The lowest BCUT2D eigenvalue weighted by atomic mass is 10.0. The van der Waals surface area contributed by atoms with E-state index in [-0.39, 0.29) is 4.90 Å². The van der Waals surface area contributed by atoms with E-state index in [0.29, 0.717) is 5.02 Å². The first kappa shape index (κ1) is 17.2.